The molecule has 0 saturated heterocycles. The highest BCUT2D eigenvalue weighted by Crippen LogP contribution is 2.32. The Balaban J connectivity index is 2.04. The standard InChI is InChI=1S/C15H19NO3/c1-9-4-3-5-10(2)13(9)16-14(17)11-6-7-12(8-11)15(18)19/h3-5,11-12H,6-8H2,1-2H3,(H,16,17)(H,18,19). The van der Waals surface area contributed by atoms with Crippen molar-refractivity contribution in [2.24, 2.45) is 11.8 Å². The summed E-state index contributed by atoms with van der Waals surface area (Å²) in [6, 6.07) is 5.87. The molecule has 0 aromatic heterocycles. The predicted molar refractivity (Wildman–Crippen MR) is 73.0 cm³/mol. The average Bonchev–Trinajstić information content (AvgIpc) is 2.83. The molecule has 1 saturated carbocycles. The lowest BCUT2D eigenvalue weighted by Crippen LogP contribution is -2.22. The molecule has 2 N–H and O–H groups in total. The van der Waals surface area contributed by atoms with E-state index in [1.807, 2.05) is 32.0 Å². The average molecular weight is 261 g/mol. The van der Waals surface area contributed by atoms with Gasteiger partial charge in [0.15, 0.2) is 0 Å². The monoisotopic (exact) mass is 261 g/mol. The molecule has 1 aliphatic rings. The second kappa shape index (κ2) is 5.43. The first-order valence-corrected chi connectivity index (χ1v) is 6.59. The summed E-state index contributed by atoms with van der Waals surface area (Å²) in [5.74, 6) is -1.39. The Morgan fingerprint density at radius 2 is 1.74 bits per heavy atom. The summed E-state index contributed by atoms with van der Waals surface area (Å²) < 4.78 is 0. The molecule has 19 heavy (non-hydrogen) atoms. The lowest BCUT2D eigenvalue weighted by molar-refractivity contribution is -0.141. The van der Waals surface area contributed by atoms with Crippen LogP contribution >= 0.6 is 0 Å². The van der Waals surface area contributed by atoms with Crippen molar-refractivity contribution in [2.75, 3.05) is 5.32 Å². The number of benzene rings is 1. The van der Waals surface area contributed by atoms with Gasteiger partial charge in [0, 0.05) is 11.6 Å². The molecule has 2 unspecified atom stereocenters. The van der Waals surface area contributed by atoms with Crippen LogP contribution in [-0.2, 0) is 9.59 Å². The first-order chi connectivity index (χ1) is 8.99. The van der Waals surface area contributed by atoms with Gasteiger partial charge in [-0.05, 0) is 44.2 Å². The van der Waals surface area contributed by atoms with Gasteiger partial charge in [0.05, 0.1) is 5.92 Å². The van der Waals surface area contributed by atoms with Crippen molar-refractivity contribution in [1.29, 1.82) is 0 Å². The molecule has 4 nitrogen and oxygen atoms in total. The molecule has 1 aliphatic carbocycles. The van der Waals surface area contributed by atoms with E-state index < -0.39 is 5.97 Å². The molecular weight excluding hydrogens is 242 g/mol. The third-order valence-electron chi connectivity index (χ3n) is 3.88. The number of amides is 1. The van der Waals surface area contributed by atoms with E-state index in [0.717, 1.165) is 16.8 Å². The Hall–Kier alpha value is -1.84. The number of hydrogen-bond acceptors (Lipinski definition) is 2. The molecular formula is C15H19NO3. The number of carboxylic acids is 1. The lowest BCUT2D eigenvalue weighted by atomic mass is 10.0. The van der Waals surface area contributed by atoms with Crippen molar-refractivity contribution < 1.29 is 14.7 Å². The van der Waals surface area contributed by atoms with Crippen LogP contribution in [0.2, 0.25) is 0 Å². The molecule has 1 amide bonds. The maximum atomic E-state index is 12.2. The van der Waals surface area contributed by atoms with Gasteiger partial charge in [-0.3, -0.25) is 9.59 Å². The van der Waals surface area contributed by atoms with Gasteiger partial charge in [-0.1, -0.05) is 18.2 Å². The number of para-hydroxylation sites is 1. The van der Waals surface area contributed by atoms with Crippen molar-refractivity contribution in [3.63, 3.8) is 0 Å². The van der Waals surface area contributed by atoms with Crippen LogP contribution in [0.1, 0.15) is 30.4 Å². The Morgan fingerprint density at radius 3 is 2.26 bits per heavy atom. The van der Waals surface area contributed by atoms with E-state index in [-0.39, 0.29) is 17.7 Å². The summed E-state index contributed by atoms with van der Waals surface area (Å²) in [5.41, 5.74) is 2.91. The van der Waals surface area contributed by atoms with Crippen LogP contribution in [0.4, 0.5) is 5.69 Å². The van der Waals surface area contributed by atoms with Crippen molar-refractivity contribution in [2.45, 2.75) is 33.1 Å². The molecule has 0 bridgehead atoms. The number of nitrogens with one attached hydrogen (secondary N) is 1. The van der Waals surface area contributed by atoms with Crippen LogP contribution in [0.25, 0.3) is 0 Å². The number of carbonyl (C=O) groups excluding carboxylic acids is 1. The summed E-state index contributed by atoms with van der Waals surface area (Å²) in [4.78, 5) is 23.1. The highest BCUT2D eigenvalue weighted by Gasteiger charge is 2.33. The Morgan fingerprint density at radius 1 is 1.16 bits per heavy atom. The summed E-state index contributed by atoms with van der Waals surface area (Å²) in [6.45, 7) is 3.91. The molecule has 2 rings (SSSR count). The van der Waals surface area contributed by atoms with Crippen LogP contribution in [-0.4, -0.2) is 17.0 Å². The van der Waals surface area contributed by atoms with Gasteiger partial charge in [0.1, 0.15) is 0 Å². The highest BCUT2D eigenvalue weighted by molar-refractivity contribution is 5.94. The maximum Gasteiger partial charge on any atom is 0.306 e. The molecule has 2 atom stereocenters. The van der Waals surface area contributed by atoms with E-state index in [9.17, 15) is 9.59 Å². The zero-order valence-electron chi connectivity index (χ0n) is 11.3. The minimum atomic E-state index is -0.789. The van der Waals surface area contributed by atoms with Crippen LogP contribution in [0.3, 0.4) is 0 Å². The molecule has 1 aromatic carbocycles. The molecule has 0 heterocycles. The summed E-state index contributed by atoms with van der Waals surface area (Å²) >= 11 is 0. The number of anilines is 1. The topological polar surface area (TPSA) is 66.4 Å². The van der Waals surface area contributed by atoms with E-state index in [2.05, 4.69) is 5.32 Å². The van der Waals surface area contributed by atoms with Crippen molar-refractivity contribution in [3.05, 3.63) is 29.3 Å². The smallest absolute Gasteiger partial charge is 0.306 e. The SMILES string of the molecule is Cc1cccc(C)c1NC(=O)C1CCC(C(=O)O)C1. The zero-order chi connectivity index (χ0) is 14.0. The maximum absolute atomic E-state index is 12.2. The van der Waals surface area contributed by atoms with Crippen LogP contribution in [0, 0.1) is 25.7 Å². The third kappa shape index (κ3) is 2.95. The van der Waals surface area contributed by atoms with Gasteiger partial charge >= 0.3 is 5.97 Å². The fourth-order valence-corrected chi connectivity index (χ4v) is 2.68. The number of carbonyl (C=O) groups is 2. The highest BCUT2D eigenvalue weighted by atomic mass is 16.4. The predicted octanol–water partition coefficient (Wildman–Crippen LogP) is 2.74. The van der Waals surface area contributed by atoms with Crippen LogP contribution < -0.4 is 5.32 Å². The summed E-state index contributed by atoms with van der Waals surface area (Å²) in [6.07, 6.45) is 1.71. The first kappa shape index (κ1) is 13.6. The molecule has 0 aliphatic heterocycles. The van der Waals surface area contributed by atoms with Crippen molar-refractivity contribution in [1.82, 2.24) is 0 Å². The van der Waals surface area contributed by atoms with Gasteiger partial charge in [0.25, 0.3) is 0 Å². The largest absolute Gasteiger partial charge is 0.481 e. The van der Waals surface area contributed by atoms with E-state index in [0.29, 0.717) is 19.3 Å². The van der Waals surface area contributed by atoms with Gasteiger partial charge in [0.2, 0.25) is 5.91 Å². The fourth-order valence-electron chi connectivity index (χ4n) is 2.68. The second-order valence-corrected chi connectivity index (χ2v) is 5.30. The number of aliphatic carboxylic acids is 1. The Bertz CT molecular complexity index is 490. The summed E-state index contributed by atoms with van der Waals surface area (Å²) in [5, 5.41) is 11.9. The van der Waals surface area contributed by atoms with Crippen molar-refractivity contribution >= 4 is 17.6 Å². The molecule has 0 spiro atoms. The molecule has 1 fully saturated rings. The zero-order valence-corrected chi connectivity index (χ0v) is 11.3. The van der Waals surface area contributed by atoms with Crippen molar-refractivity contribution in [3.8, 4) is 0 Å². The number of carboxylic acid groups (broad SMARTS) is 1. The van der Waals surface area contributed by atoms with Crippen LogP contribution in [0.5, 0.6) is 0 Å². The first-order valence-electron chi connectivity index (χ1n) is 6.59. The van der Waals surface area contributed by atoms with Gasteiger partial charge in [-0.25, -0.2) is 0 Å². The molecule has 4 heteroatoms. The quantitative estimate of drug-likeness (QED) is 0.879. The van der Waals surface area contributed by atoms with Crippen LogP contribution in [0.15, 0.2) is 18.2 Å². The fraction of sp³-hybridized carbons (Fsp3) is 0.467. The summed E-state index contributed by atoms with van der Waals surface area (Å²) in [7, 11) is 0. The minimum absolute atomic E-state index is 0.0545. The third-order valence-corrected chi connectivity index (χ3v) is 3.88. The molecule has 1 aromatic rings. The number of rotatable bonds is 3. The molecule has 102 valence electrons. The lowest BCUT2D eigenvalue weighted by Gasteiger charge is -2.14. The Kier molecular flexibility index (Phi) is 3.88. The second-order valence-electron chi connectivity index (χ2n) is 5.30. The normalized spacial score (nSPS) is 22.2. The molecule has 0 radical (unpaired) electrons. The van der Waals surface area contributed by atoms with E-state index in [1.165, 1.54) is 0 Å². The van der Waals surface area contributed by atoms with E-state index in [4.69, 9.17) is 5.11 Å². The van der Waals surface area contributed by atoms with E-state index >= 15 is 0 Å². The van der Waals surface area contributed by atoms with Gasteiger partial charge < -0.3 is 10.4 Å². The minimum Gasteiger partial charge on any atom is -0.481 e. The number of aryl methyl sites for hydroxylation is 2. The van der Waals surface area contributed by atoms with E-state index in [1.54, 1.807) is 0 Å². The van der Waals surface area contributed by atoms with Gasteiger partial charge in [-0.2, -0.15) is 0 Å². The number of hydrogen-bond donors (Lipinski definition) is 2. The van der Waals surface area contributed by atoms with Gasteiger partial charge in [-0.15, -0.1) is 0 Å². The Labute approximate surface area is 112 Å².